The minimum absolute atomic E-state index is 0.356. The Balaban J connectivity index is 2.35. The van der Waals surface area contributed by atoms with E-state index in [0.717, 1.165) is 11.1 Å². The standard InChI is InChI=1S/C16H24F2N2O2/c1-12-7-5-6-8-13(12)9-19-10-16(17,18)11-20-14(21)22-15(2,3)4/h5-8,19H,9-11H2,1-4H3,(H,20,21). The molecule has 0 saturated carbocycles. The summed E-state index contributed by atoms with van der Waals surface area (Å²) in [5.41, 5.74) is 1.31. The molecule has 0 spiro atoms. The van der Waals surface area contributed by atoms with Crippen LogP contribution in [-0.2, 0) is 11.3 Å². The molecule has 1 rings (SSSR count). The van der Waals surface area contributed by atoms with Gasteiger partial charge in [-0.2, -0.15) is 0 Å². The number of benzene rings is 1. The lowest BCUT2D eigenvalue weighted by Gasteiger charge is -2.22. The van der Waals surface area contributed by atoms with Gasteiger partial charge in [-0.1, -0.05) is 24.3 Å². The smallest absolute Gasteiger partial charge is 0.407 e. The molecule has 0 atom stereocenters. The molecule has 0 aliphatic heterocycles. The monoisotopic (exact) mass is 314 g/mol. The highest BCUT2D eigenvalue weighted by molar-refractivity contribution is 5.67. The summed E-state index contributed by atoms with van der Waals surface area (Å²) in [5, 5.41) is 4.80. The summed E-state index contributed by atoms with van der Waals surface area (Å²) in [6.45, 7) is 6.03. The molecule has 0 bridgehead atoms. The minimum atomic E-state index is -3.04. The van der Waals surface area contributed by atoms with E-state index >= 15 is 0 Å². The van der Waals surface area contributed by atoms with Gasteiger partial charge in [0.15, 0.2) is 0 Å². The van der Waals surface area contributed by atoms with Crippen LogP contribution in [0.15, 0.2) is 24.3 Å². The van der Waals surface area contributed by atoms with E-state index in [1.165, 1.54) is 0 Å². The summed E-state index contributed by atoms with van der Waals surface area (Å²) in [6.07, 6.45) is -0.842. The van der Waals surface area contributed by atoms with Gasteiger partial charge in [0, 0.05) is 6.54 Å². The third-order valence-corrected chi connectivity index (χ3v) is 2.85. The summed E-state index contributed by atoms with van der Waals surface area (Å²) in [6, 6.07) is 7.59. The average molecular weight is 314 g/mol. The predicted molar refractivity (Wildman–Crippen MR) is 82.1 cm³/mol. The number of alkyl halides is 2. The van der Waals surface area contributed by atoms with E-state index in [9.17, 15) is 13.6 Å². The fourth-order valence-electron chi connectivity index (χ4n) is 1.77. The second-order valence-corrected chi connectivity index (χ2v) is 6.24. The summed E-state index contributed by atoms with van der Waals surface area (Å²) in [4.78, 5) is 11.4. The molecule has 0 unspecified atom stereocenters. The van der Waals surface area contributed by atoms with Crippen LogP contribution in [0.4, 0.5) is 13.6 Å². The second kappa shape index (κ2) is 7.54. The summed E-state index contributed by atoms with van der Waals surface area (Å²) < 4.78 is 32.3. The van der Waals surface area contributed by atoms with Gasteiger partial charge >= 0.3 is 6.09 Å². The number of aryl methyl sites for hydroxylation is 1. The molecular formula is C16H24F2N2O2. The van der Waals surface area contributed by atoms with Crippen molar-refractivity contribution in [1.29, 1.82) is 0 Å². The molecule has 6 heteroatoms. The molecule has 0 radical (unpaired) electrons. The van der Waals surface area contributed by atoms with Crippen LogP contribution in [0.2, 0.25) is 0 Å². The van der Waals surface area contributed by atoms with Gasteiger partial charge < -0.3 is 15.4 Å². The quantitative estimate of drug-likeness (QED) is 0.847. The van der Waals surface area contributed by atoms with Crippen molar-refractivity contribution in [1.82, 2.24) is 10.6 Å². The maximum Gasteiger partial charge on any atom is 0.407 e. The molecule has 1 aromatic carbocycles. The van der Waals surface area contributed by atoms with Gasteiger partial charge in [0.25, 0.3) is 5.92 Å². The van der Waals surface area contributed by atoms with Crippen LogP contribution in [0.25, 0.3) is 0 Å². The number of carbonyl (C=O) groups is 1. The van der Waals surface area contributed by atoms with Crippen LogP contribution in [0.1, 0.15) is 31.9 Å². The maximum absolute atomic E-state index is 13.7. The van der Waals surface area contributed by atoms with Gasteiger partial charge in [-0.3, -0.25) is 0 Å². The topological polar surface area (TPSA) is 50.4 Å². The van der Waals surface area contributed by atoms with Gasteiger partial charge in [-0.25, -0.2) is 13.6 Å². The van der Waals surface area contributed by atoms with Gasteiger partial charge in [0.1, 0.15) is 5.60 Å². The Hall–Kier alpha value is -1.69. The zero-order chi connectivity index (χ0) is 16.8. The highest BCUT2D eigenvalue weighted by Crippen LogP contribution is 2.13. The van der Waals surface area contributed by atoms with Gasteiger partial charge in [0.05, 0.1) is 13.1 Å². The first-order chi connectivity index (χ1) is 10.1. The summed E-state index contributed by atoms with van der Waals surface area (Å²) >= 11 is 0. The molecule has 0 aromatic heterocycles. The lowest BCUT2D eigenvalue weighted by atomic mass is 10.1. The van der Waals surface area contributed by atoms with E-state index < -0.39 is 30.7 Å². The molecular weight excluding hydrogens is 290 g/mol. The zero-order valence-electron chi connectivity index (χ0n) is 13.5. The van der Waals surface area contributed by atoms with Crippen molar-refractivity contribution in [3.63, 3.8) is 0 Å². The first-order valence-electron chi connectivity index (χ1n) is 7.19. The fourth-order valence-corrected chi connectivity index (χ4v) is 1.77. The lowest BCUT2D eigenvalue weighted by molar-refractivity contribution is -0.00377. The average Bonchev–Trinajstić information content (AvgIpc) is 2.37. The Bertz CT molecular complexity index is 499. The fraction of sp³-hybridized carbons (Fsp3) is 0.562. The number of alkyl carbamates (subject to hydrolysis) is 1. The van der Waals surface area contributed by atoms with Gasteiger partial charge in [-0.15, -0.1) is 0 Å². The Morgan fingerprint density at radius 3 is 2.41 bits per heavy atom. The Morgan fingerprint density at radius 2 is 1.82 bits per heavy atom. The van der Waals surface area contributed by atoms with Crippen molar-refractivity contribution in [3.05, 3.63) is 35.4 Å². The van der Waals surface area contributed by atoms with Crippen LogP contribution >= 0.6 is 0 Å². The zero-order valence-corrected chi connectivity index (χ0v) is 13.5. The molecule has 0 aliphatic rings. The second-order valence-electron chi connectivity index (χ2n) is 6.24. The third kappa shape index (κ3) is 7.36. The molecule has 124 valence electrons. The lowest BCUT2D eigenvalue weighted by Crippen LogP contribution is -2.44. The van der Waals surface area contributed by atoms with Crippen LogP contribution in [0, 0.1) is 6.92 Å². The van der Waals surface area contributed by atoms with Crippen molar-refractivity contribution < 1.29 is 18.3 Å². The van der Waals surface area contributed by atoms with Gasteiger partial charge in [0.2, 0.25) is 0 Å². The predicted octanol–water partition coefficient (Wildman–Crippen LogP) is 3.24. The first kappa shape index (κ1) is 18.4. The number of hydrogen-bond donors (Lipinski definition) is 2. The number of hydrogen-bond acceptors (Lipinski definition) is 3. The number of nitrogens with one attached hydrogen (secondary N) is 2. The van der Waals surface area contributed by atoms with Gasteiger partial charge in [-0.05, 0) is 38.8 Å². The van der Waals surface area contributed by atoms with E-state index in [2.05, 4.69) is 10.6 Å². The molecule has 0 heterocycles. The van der Waals surface area contributed by atoms with Crippen molar-refractivity contribution in [3.8, 4) is 0 Å². The number of ether oxygens (including phenoxy) is 1. The largest absolute Gasteiger partial charge is 0.444 e. The molecule has 0 fully saturated rings. The summed E-state index contributed by atoms with van der Waals surface area (Å²) in [7, 11) is 0. The number of halogens is 2. The number of carbonyl (C=O) groups excluding carboxylic acids is 1. The maximum atomic E-state index is 13.7. The molecule has 1 amide bonds. The van der Waals surface area contributed by atoms with E-state index in [0.29, 0.717) is 6.54 Å². The normalized spacial score (nSPS) is 12.1. The van der Waals surface area contributed by atoms with Crippen LogP contribution in [0.3, 0.4) is 0 Å². The number of rotatable bonds is 6. The van der Waals surface area contributed by atoms with Crippen molar-refractivity contribution in [2.75, 3.05) is 13.1 Å². The van der Waals surface area contributed by atoms with Crippen LogP contribution < -0.4 is 10.6 Å². The highest BCUT2D eigenvalue weighted by atomic mass is 19.3. The van der Waals surface area contributed by atoms with Crippen LogP contribution in [-0.4, -0.2) is 30.7 Å². The number of amides is 1. The molecule has 22 heavy (non-hydrogen) atoms. The Morgan fingerprint density at radius 1 is 1.18 bits per heavy atom. The van der Waals surface area contributed by atoms with E-state index in [4.69, 9.17) is 4.74 Å². The van der Waals surface area contributed by atoms with E-state index in [-0.39, 0.29) is 0 Å². The van der Waals surface area contributed by atoms with Crippen LogP contribution in [0.5, 0.6) is 0 Å². The Kier molecular flexibility index (Phi) is 6.29. The Labute approximate surface area is 130 Å². The van der Waals surface area contributed by atoms with Crippen molar-refractivity contribution >= 4 is 6.09 Å². The minimum Gasteiger partial charge on any atom is -0.444 e. The summed E-state index contributed by atoms with van der Waals surface area (Å²) in [5.74, 6) is -3.04. The van der Waals surface area contributed by atoms with E-state index in [1.807, 2.05) is 31.2 Å². The van der Waals surface area contributed by atoms with E-state index in [1.54, 1.807) is 20.8 Å². The molecule has 0 saturated heterocycles. The molecule has 0 aliphatic carbocycles. The third-order valence-electron chi connectivity index (χ3n) is 2.85. The molecule has 4 nitrogen and oxygen atoms in total. The van der Waals surface area contributed by atoms with Crippen molar-refractivity contribution in [2.45, 2.75) is 45.8 Å². The SMILES string of the molecule is Cc1ccccc1CNCC(F)(F)CNC(=O)OC(C)(C)C. The van der Waals surface area contributed by atoms with Crippen molar-refractivity contribution in [2.24, 2.45) is 0 Å². The molecule has 2 N–H and O–H groups in total. The molecule has 1 aromatic rings. The highest BCUT2D eigenvalue weighted by Gasteiger charge is 2.30. The first-order valence-corrected chi connectivity index (χ1v) is 7.19.